The van der Waals surface area contributed by atoms with Crippen molar-refractivity contribution in [2.75, 3.05) is 5.73 Å². The Bertz CT molecular complexity index is 458. The third-order valence-corrected chi connectivity index (χ3v) is 2.40. The summed E-state index contributed by atoms with van der Waals surface area (Å²) in [5.74, 6) is 0.802. The van der Waals surface area contributed by atoms with Crippen LogP contribution in [-0.2, 0) is 0 Å². The van der Waals surface area contributed by atoms with Crippen molar-refractivity contribution < 1.29 is 0 Å². The molecule has 0 amide bonds. The fourth-order valence-electron chi connectivity index (χ4n) is 1.08. The van der Waals surface area contributed by atoms with Gasteiger partial charge in [-0.1, -0.05) is 34.1 Å². The van der Waals surface area contributed by atoms with Crippen molar-refractivity contribution in [1.29, 1.82) is 0 Å². The normalized spacial score (nSPS) is 10.1. The van der Waals surface area contributed by atoms with Crippen molar-refractivity contribution in [3.63, 3.8) is 0 Å². The minimum atomic E-state index is 0.228. The Morgan fingerprint density at radius 3 is 2.64 bits per heavy atom. The van der Waals surface area contributed by atoms with Crippen LogP contribution in [0.15, 0.2) is 35.1 Å². The van der Waals surface area contributed by atoms with Crippen LogP contribution in [0.3, 0.4) is 0 Å². The van der Waals surface area contributed by atoms with E-state index in [1.54, 1.807) is 0 Å². The van der Waals surface area contributed by atoms with Gasteiger partial charge in [-0.15, -0.1) is 0 Å². The van der Waals surface area contributed by atoms with E-state index in [1.165, 1.54) is 6.33 Å². The predicted octanol–water partition coefficient (Wildman–Crippen LogP) is 1.88. The summed E-state index contributed by atoms with van der Waals surface area (Å²) in [5, 5.41) is 0. The molecule has 0 aliphatic carbocycles. The quantitative estimate of drug-likeness (QED) is 0.840. The van der Waals surface area contributed by atoms with Gasteiger partial charge in [0, 0.05) is 10.0 Å². The summed E-state index contributed by atoms with van der Waals surface area (Å²) in [4.78, 5) is 11.8. The van der Waals surface area contributed by atoms with E-state index in [1.807, 2.05) is 24.3 Å². The van der Waals surface area contributed by atoms with Crippen LogP contribution in [0.4, 0.5) is 5.95 Å². The number of rotatable bonds is 1. The van der Waals surface area contributed by atoms with Gasteiger partial charge in [0.05, 0.1) is 0 Å². The molecule has 0 spiro atoms. The van der Waals surface area contributed by atoms with Crippen molar-refractivity contribution in [3.05, 3.63) is 35.1 Å². The van der Waals surface area contributed by atoms with Gasteiger partial charge in [-0.2, -0.15) is 4.98 Å². The van der Waals surface area contributed by atoms with Crippen LogP contribution in [0, 0.1) is 0 Å². The molecule has 14 heavy (non-hydrogen) atoms. The fourth-order valence-corrected chi connectivity index (χ4v) is 1.54. The van der Waals surface area contributed by atoms with Gasteiger partial charge in [0.25, 0.3) is 0 Å². The Morgan fingerprint density at radius 1 is 1.14 bits per heavy atom. The van der Waals surface area contributed by atoms with Crippen molar-refractivity contribution in [1.82, 2.24) is 15.0 Å². The number of halogens is 1. The number of nitrogens with two attached hydrogens (primary N) is 1. The lowest BCUT2D eigenvalue weighted by atomic mass is 10.2. The first-order valence-electron chi connectivity index (χ1n) is 3.97. The first kappa shape index (κ1) is 9.08. The average Bonchev–Trinajstić information content (AvgIpc) is 2.18. The highest BCUT2D eigenvalue weighted by molar-refractivity contribution is 9.10. The second kappa shape index (κ2) is 3.71. The van der Waals surface area contributed by atoms with Gasteiger partial charge >= 0.3 is 0 Å². The predicted molar refractivity (Wildman–Crippen MR) is 57.4 cm³/mol. The van der Waals surface area contributed by atoms with Crippen LogP contribution in [-0.4, -0.2) is 15.0 Å². The molecular weight excluding hydrogens is 244 g/mol. The van der Waals surface area contributed by atoms with E-state index in [2.05, 4.69) is 30.9 Å². The number of nitrogen functional groups attached to an aromatic ring is 1. The minimum absolute atomic E-state index is 0.228. The number of hydrogen-bond donors (Lipinski definition) is 1. The Balaban J connectivity index is 2.55. The SMILES string of the molecule is Nc1ncnc(-c2ccccc2Br)n1. The Kier molecular flexibility index (Phi) is 2.41. The lowest BCUT2D eigenvalue weighted by Crippen LogP contribution is -1.98. The number of aromatic nitrogens is 3. The molecule has 2 rings (SSSR count). The fraction of sp³-hybridized carbons (Fsp3) is 0. The summed E-state index contributed by atoms with van der Waals surface area (Å²) < 4.78 is 0.936. The van der Waals surface area contributed by atoms with E-state index in [-0.39, 0.29) is 5.95 Å². The molecule has 5 heteroatoms. The molecule has 0 saturated carbocycles. The van der Waals surface area contributed by atoms with E-state index in [4.69, 9.17) is 5.73 Å². The van der Waals surface area contributed by atoms with Crippen molar-refractivity contribution in [2.24, 2.45) is 0 Å². The van der Waals surface area contributed by atoms with Gasteiger partial charge < -0.3 is 5.73 Å². The van der Waals surface area contributed by atoms with E-state index < -0.39 is 0 Å². The Morgan fingerprint density at radius 2 is 1.93 bits per heavy atom. The molecule has 2 aromatic rings. The van der Waals surface area contributed by atoms with E-state index in [0.29, 0.717) is 5.82 Å². The van der Waals surface area contributed by atoms with Crippen LogP contribution < -0.4 is 5.73 Å². The van der Waals surface area contributed by atoms with Crippen molar-refractivity contribution >= 4 is 21.9 Å². The molecule has 0 fully saturated rings. The first-order chi connectivity index (χ1) is 6.77. The third kappa shape index (κ3) is 1.72. The highest BCUT2D eigenvalue weighted by atomic mass is 79.9. The van der Waals surface area contributed by atoms with Crippen LogP contribution >= 0.6 is 15.9 Å². The molecule has 70 valence electrons. The van der Waals surface area contributed by atoms with Crippen molar-refractivity contribution in [2.45, 2.75) is 0 Å². The smallest absolute Gasteiger partial charge is 0.223 e. The van der Waals surface area contributed by atoms with Crippen LogP contribution in [0.2, 0.25) is 0 Å². The zero-order valence-corrected chi connectivity index (χ0v) is 8.77. The molecule has 1 heterocycles. The number of nitrogens with zero attached hydrogens (tertiary/aromatic N) is 3. The van der Waals surface area contributed by atoms with E-state index >= 15 is 0 Å². The maximum absolute atomic E-state index is 5.47. The summed E-state index contributed by atoms with van der Waals surface area (Å²) >= 11 is 3.42. The molecule has 0 radical (unpaired) electrons. The average molecular weight is 251 g/mol. The van der Waals surface area contributed by atoms with Gasteiger partial charge in [-0.25, -0.2) is 9.97 Å². The molecule has 0 bridgehead atoms. The van der Waals surface area contributed by atoms with Gasteiger partial charge in [0.1, 0.15) is 6.33 Å². The zero-order chi connectivity index (χ0) is 9.97. The van der Waals surface area contributed by atoms with Crippen LogP contribution in [0.5, 0.6) is 0 Å². The topological polar surface area (TPSA) is 64.7 Å². The summed E-state index contributed by atoms with van der Waals surface area (Å²) in [5.41, 5.74) is 6.37. The molecule has 0 atom stereocenters. The summed E-state index contributed by atoms with van der Waals surface area (Å²) in [6.07, 6.45) is 1.40. The molecule has 4 nitrogen and oxygen atoms in total. The third-order valence-electron chi connectivity index (χ3n) is 1.71. The second-order valence-electron chi connectivity index (χ2n) is 2.65. The molecule has 2 N–H and O–H groups in total. The van der Waals surface area contributed by atoms with Gasteiger partial charge in [0.2, 0.25) is 5.95 Å². The minimum Gasteiger partial charge on any atom is -0.368 e. The molecule has 1 aromatic carbocycles. The van der Waals surface area contributed by atoms with Gasteiger partial charge in [-0.05, 0) is 6.07 Å². The van der Waals surface area contributed by atoms with Gasteiger partial charge in [0.15, 0.2) is 5.82 Å². The molecule has 0 aliphatic heterocycles. The standard InChI is InChI=1S/C9H7BrN4/c10-7-4-2-1-3-6(7)8-12-5-13-9(11)14-8/h1-5H,(H2,11,12,13,14). The second-order valence-corrected chi connectivity index (χ2v) is 3.50. The number of anilines is 1. The molecule has 0 unspecified atom stereocenters. The van der Waals surface area contributed by atoms with Crippen LogP contribution in [0.1, 0.15) is 0 Å². The monoisotopic (exact) mass is 250 g/mol. The highest BCUT2D eigenvalue weighted by Crippen LogP contribution is 2.24. The molecule has 0 saturated heterocycles. The van der Waals surface area contributed by atoms with E-state index in [0.717, 1.165) is 10.0 Å². The zero-order valence-electron chi connectivity index (χ0n) is 7.18. The maximum atomic E-state index is 5.47. The van der Waals surface area contributed by atoms with E-state index in [9.17, 15) is 0 Å². The Labute approximate surface area is 89.4 Å². The lowest BCUT2D eigenvalue weighted by molar-refractivity contribution is 1.07. The largest absolute Gasteiger partial charge is 0.368 e. The first-order valence-corrected chi connectivity index (χ1v) is 4.76. The van der Waals surface area contributed by atoms with Crippen LogP contribution in [0.25, 0.3) is 11.4 Å². The number of benzene rings is 1. The summed E-state index contributed by atoms with van der Waals surface area (Å²) in [6, 6.07) is 7.69. The van der Waals surface area contributed by atoms with Gasteiger partial charge in [-0.3, -0.25) is 0 Å². The van der Waals surface area contributed by atoms with Crippen molar-refractivity contribution in [3.8, 4) is 11.4 Å². The molecular formula is C9H7BrN4. The highest BCUT2D eigenvalue weighted by Gasteiger charge is 2.04. The lowest BCUT2D eigenvalue weighted by Gasteiger charge is -2.01. The maximum Gasteiger partial charge on any atom is 0.223 e. The summed E-state index contributed by atoms with van der Waals surface area (Å²) in [6.45, 7) is 0. The molecule has 1 aromatic heterocycles. The summed E-state index contributed by atoms with van der Waals surface area (Å²) in [7, 11) is 0. The number of hydrogen-bond acceptors (Lipinski definition) is 4. The Hall–Kier alpha value is -1.49. The molecule has 0 aliphatic rings.